The molecule has 0 radical (unpaired) electrons. The van der Waals surface area contributed by atoms with Crippen LogP contribution in [0.5, 0.6) is 5.75 Å². The molecule has 120 valence electrons. The molecule has 2 atom stereocenters. The molecule has 2 aliphatic heterocycles. The summed E-state index contributed by atoms with van der Waals surface area (Å²) < 4.78 is 5.39. The average molecular weight is 302 g/mol. The summed E-state index contributed by atoms with van der Waals surface area (Å²) in [6, 6.07) is 6.04. The largest absolute Gasteiger partial charge is 0.496 e. The van der Waals surface area contributed by atoms with Crippen molar-refractivity contribution in [3.63, 3.8) is 0 Å². The van der Waals surface area contributed by atoms with Crippen LogP contribution in [-0.4, -0.2) is 44.1 Å². The van der Waals surface area contributed by atoms with Crippen LogP contribution in [0.1, 0.15) is 24.0 Å². The van der Waals surface area contributed by atoms with Crippen molar-refractivity contribution in [3.05, 3.63) is 29.3 Å². The summed E-state index contributed by atoms with van der Waals surface area (Å²) in [7, 11) is 1.67. The van der Waals surface area contributed by atoms with Gasteiger partial charge in [-0.15, -0.1) is 0 Å². The van der Waals surface area contributed by atoms with E-state index in [1.54, 1.807) is 7.11 Å². The van der Waals surface area contributed by atoms with Crippen molar-refractivity contribution in [1.82, 2.24) is 10.2 Å². The van der Waals surface area contributed by atoms with Crippen molar-refractivity contribution in [1.29, 1.82) is 0 Å². The van der Waals surface area contributed by atoms with E-state index in [1.165, 1.54) is 5.56 Å². The van der Waals surface area contributed by atoms with Crippen LogP contribution in [0, 0.1) is 18.8 Å². The van der Waals surface area contributed by atoms with Gasteiger partial charge in [0.2, 0.25) is 5.91 Å². The summed E-state index contributed by atoms with van der Waals surface area (Å²) >= 11 is 0. The Labute approximate surface area is 132 Å². The highest BCUT2D eigenvalue weighted by Crippen LogP contribution is 2.28. The number of fused-ring (bicyclic) bond motifs is 1. The molecule has 0 saturated carbocycles. The first-order valence-electron chi connectivity index (χ1n) is 8.29. The normalized spacial score (nSPS) is 24.7. The lowest BCUT2D eigenvalue weighted by molar-refractivity contribution is -0.130. The predicted molar refractivity (Wildman–Crippen MR) is 87.1 cm³/mol. The minimum atomic E-state index is 0.233. The van der Waals surface area contributed by atoms with Gasteiger partial charge in [-0.3, -0.25) is 4.79 Å². The number of hydrogen-bond acceptors (Lipinski definition) is 3. The van der Waals surface area contributed by atoms with E-state index in [4.69, 9.17) is 4.74 Å². The number of ether oxygens (including phenoxy) is 1. The highest BCUT2D eigenvalue weighted by atomic mass is 16.5. The number of rotatable bonds is 3. The number of amides is 1. The molecule has 1 N–H and O–H groups in total. The molecule has 0 unspecified atom stereocenters. The summed E-state index contributed by atoms with van der Waals surface area (Å²) in [4.78, 5) is 14.7. The molecular weight excluding hydrogens is 276 g/mol. The Morgan fingerprint density at radius 3 is 2.59 bits per heavy atom. The number of nitrogens with one attached hydrogen (secondary N) is 1. The molecule has 2 heterocycles. The highest BCUT2D eigenvalue weighted by Gasteiger charge is 2.31. The van der Waals surface area contributed by atoms with Gasteiger partial charge < -0.3 is 15.0 Å². The highest BCUT2D eigenvalue weighted by molar-refractivity contribution is 5.79. The van der Waals surface area contributed by atoms with Crippen LogP contribution in [-0.2, 0) is 11.2 Å². The van der Waals surface area contributed by atoms with Crippen LogP contribution >= 0.6 is 0 Å². The molecule has 2 fully saturated rings. The Kier molecular flexibility index (Phi) is 4.67. The summed E-state index contributed by atoms with van der Waals surface area (Å²) in [5.74, 6) is 2.56. The maximum absolute atomic E-state index is 12.7. The molecule has 1 amide bonds. The SMILES string of the molecule is COc1ccc(C)cc1CC(=O)N1CC[C@@H]2CNC[C@@H]2CC1. The maximum Gasteiger partial charge on any atom is 0.227 e. The zero-order valence-electron chi connectivity index (χ0n) is 13.6. The number of carbonyl (C=O) groups excluding carboxylic acids is 1. The smallest absolute Gasteiger partial charge is 0.227 e. The number of nitrogens with zero attached hydrogens (tertiary/aromatic N) is 1. The predicted octanol–water partition coefficient (Wildman–Crippen LogP) is 2.00. The number of aryl methyl sites for hydroxylation is 1. The lowest BCUT2D eigenvalue weighted by Gasteiger charge is -2.21. The fraction of sp³-hybridized carbons (Fsp3) is 0.611. The summed E-state index contributed by atoms with van der Waals surface area (Å²) in [6.07, 6.45) is 2.71. The molecule has 2 aliphatic rings. The number of methoxy groups -OCH3 is 1. The monoisotopic (exact) mass is 302 g/mol. The first kappa shape index (κ1) is 15.3. The van der Waals surface area contributed by atoms with Gasteiger partial charge in [-0.1, -0.05) is 17.7 Å². The molecule has 2 saturated heterocycles. The molecule has 0 aromatic heterocycles. The van der Waals surface area contributed by atoms with Gasteiger partial charge in [0.25, 0.3) is 0 Å². The van der Waals surface area contributed by atoms with Crippen molar-refractivity contribution >= 4 is 5.91 Å². The Morgan fingerprint density at radius 2 is 1.95 bits per heavy atom. The second-order valence-electron chi connectivity index (χ2n) is 6.63. The molecule has 4 nitrogen and oxygen atoms in total. The van der Waals surface area contributed by atoms with Crippen LogP contribution in [0.3, 0.4) is 0 Å². The van der Waals surface area contributed by atoms with Gasteiger partial charge in [0.1, 0.15) is 5.75 Å². The van der Waals surface area contributed by atoms with Crippen LogP contribution in [0.25, 0.3) is 0 Å². The zero-order chi connectivity index (χ0) is 15.5. The van der Waals surface area contributed by atoms with Crippen LogP contribution in [0.15, 0.2) is 18.2 Å². The molecule has 4 heteroatoms. The lowest BCUT2D eigenvalue weighted by Crippen LogP contribution is -2.34. The quantitative estimate of drug-likeness (QED) is 0.928. The van der Waals surface area contributed by atoms with Crippen molar-refractivity contribution < 1.29 is 9.53 Å². The Morgan fingerprint density at radius 1 is 1.27 bits per heavy atom. The minimum Gasteiger partial charge on any atom is -0.496 e. The number of likely N-dealkylation sites (tertiary alicyclic amines) is 1. The van der Waals surface area contributed by atoms with Gasteiger partial charge in [0.05, 0.1) is 13.5 Å². The summed E-state index contributed by atoms with van der Waals surface area (Å²) in [6.45, 7) is 6.09. The van der Waals surface area contributed by atoms with Gasteiger partial charge >= 0.3 is 0 Å². The summed E-state index contributed by atoms with van der Waals surface area (Å²) in [5.41, 5.74) is 2.17. The third-order valence-electron chi connectivity index (χ3n) is 5.15. The topological polar surface area (TPSA) is 41.6 Å². The van der Waals surface area contributed by atoms with Gasteiger partial charge in [-0.05, 0) is 50.8 Å². The van der Waals surface area contributed by atoms with Gasteiger partial charge in [0.15, 0.2) is 0 Å². The third-order valence-corrected chi connectivity index (χ3v) is 5.15. The Hall–Kier alpha value is -1.55. The van der Waals surface area contributed by atoms with Crippen LogP contribution in [0.4, 0.5) is 0 Å². The third kappa shape index (κ3) is 3.27. The molecular formula is C18H26N2O2. The van der Waals surface area contributed by atoms with E-state index in [0.29, 0.717) is 6.42 Å². The Bertz CT molecular complexity index is 530. The zero-order valence-corrected chi connectivity index (χ0v) is 13.6. The Balaban J connectivity index is 1.65. The second kappa shape index (κ2) is 6.69. The molecule has 22 heavy (non-hydrogen) atoms. The van der Waals surface area contributed by atoms with E-state index in [-0.39, 0.29) is 5.91 Å². The second-order valence-corrected chi connectivity index (χ2v) is 6.63. The number of hydrogen-bond donors (Lipinski definition) is 1. The van der Waals surface area contributed by atoms with Crippen LogP contribution in [0.2, 0.25) is 0 Å². The van der Waals surface area contributed by atoms with E-state index in [1.807, 2.05) is 19.1 Å². The molecule has 1 aromatic rings. The van der Waals surface area contributed by atoms with E-state index < -0.39 is 0 Å². The number of benzene rings is 1. The first-order chi connectivity index (χ1) is 10.7. The number of carbonyl (C=O) groups is 1. The summed E-state index contributed by atoms with van der Waals surface area (Å²) in [5, 5.41) is 3.48. The van der Waals surface area contributed by atoms with Crippen molar-refractivity contribution in [3.8, 4) is 5.75 Å². The minimum absolute atomic E-state index is 0.233. The maximum atomic E-state index is 12.7. The van der Waals surface area contributed by atoms with Crippen molar-refractivity contribution in [2.45, 2.75) is 26.2 Å². The van der Waals surface area contributed by atoms with Crippen molar-refractivity contribution in [2.75, 3.05) is 33.3 Å². The van der Waals surface area contributed by atoms with E-state index in [9.17, 15) is 4.79 Å². The van der Waals surface area contributed by atoms with Gasteiger partial charge in [-0.2, -0.15) is 0 Å². The molecule has 3 rings (SSSR count). The van der Waals surface area contributed by atoms with E-state index in [0.717, 1.165) is 62.2 Å². The van der Waals surface area contributed by atoms with Gasteiger partial charge in [0, 0.05) is 18.7 Å². The average Bonchev–Trinajstić information content (AvgIpc) is 2.86. The van der Waals surface area contributed by atoms with E-state index in [2.05, 4.69) is 16.3 Å². The lowest BCUT2D eigenvalue weighted by atomic mass is 9.92. The fourth-order valence-corrected chi connectivity index (χ4v) is 3.79. The van der Waals surface area contributed by atoms with E-state index >= 15 is 0 Å². The molecule has 0 bridgehead atoms. The van der Waals surface area contributed by atoms with Crippen LogP contribution < -0.4 is 10.1 Å². The van der Waals surface area contributed by atoms with Crippen molar-refractivity contribution in [2.24, 2.45) is 11.8 Å². The molecule has 0 spiro atoms. The first-order valence-corrected chi connectivity index (χ1v) is 8.29. The fourth-order valence-electron chi connectivity index (χ4n) is 3.79. The standard InChI is InChI=1S/C18H26N2O2/c1-13-3-4-17(22-2)16(9-13)10-18(21)20-7-5-14-11-19-12-15(14)6-8-20/h3-4,9,14-15,19H,5-8,10-12H2,1-2H3/t14-,15+. The molecule has 0 aliphatic carbocycles. The molecule has 1 aromatic carbocycles. The van der Waals surface area contributed by atoms with Gasteiger partial charge in [-0.25, -0.2) is 0 Å².